The van der Waals surface area contributed by atoms with Crippen molar-refractivity contribution in [1.29, 1.82) is 0 Å². The molecule has 3 N–H and O–H groups in total. The first-order valence-corrected chi connectivity index (χ1v) is 8.79. The first kappa shape index (κ1) is 18.6. The van der Waals surface area contributed by atoms with Gasteiger partial charge in [-0.1, -0.05) is 0 Å². The number of nitrogens with one attached hydrogen (secondary N) is 1. The van der Waals surface area contributed by atoms with E-state index in [-0.39, 0.29) is 12.0 Å². The Morgan fingerprint density at radius 1 is 1.23 bits per heavy atom. The van der Waals surface area contributed by atoms with Crippen LogP contribution in [0.5, 0.6) is 0 Å². The standard InChI is InChI=1S/C19H22F3N3O/c1-10(18(21)22)24-14-5-2-11(3-6-14)17-15(19(23)26)9-12-8-13(20)4-7-16(12)25-17/h4,7-11,14,18,24H,2-3,5-6H2,1H3,(H2,23,26). The molecule has 4 nitrogen and oxygen atoms in total. The number of alkyl halides is 2. The lowest BCUT2D eigenvalue weighted by Crippen LogP contribution is -2.42. The molecule has 1 aliphatic carbocycles. The van der Waals surface area contributed by atoms with Crippen LogP contribution in [0.1, 0.15) is 54.6 Å². The summed E-state index contributed by atoms with van der Waals surface area (Å²) >= 11 is 0. The fourth-order valence-corrected chi connectivity index (χ4v) is 3.65. The third-order valence-corrected chi connectivity index (χ3v) is 5.06. The number of carbonyl (C=O) groups is 1. The highest BCUT2D eigenvalue weighted by molar-refractivity contribution is 5.97. The molecule has 26 heavy (non-hydrogen) atoms. The number of primary amides is 1. The first-order chi connectivity index (χ1) is 12.3. The van der Waals surface area contributed by atoms with Crippen LogP contribution in [-0.4, -0.2) is 29.4 Å². The van der Waals surface area contributed by atoms with E-state index in [1.807, 2.05) is 0 Å². The third kappa shape index (κ3) is 3.98. The normalized spacial score (nSPS) is 21.9. The number of halogens is 3. The van der Waals surface area contributed by atoms with Crippen molar-refractivity contribution in [1.82, 2.24) is 10.3 Å². The number of carbonyl (C=O) groups excluding carboxylic acids is 1. The molecule has 2 aromatic rings. The van der Waals surface area contributed by atoms with Crippen molar-refractivity contribution in [3.63, 3.8) is 0 Å². The molecule has 1 heterocycles. The van der Waals surface area contributed by atoms with Gasteiger partial charge >= 0.3 is 0 Å². The lowest BCUT2D eigenvalue weighted by atomic mass is 9.82. The number of pyridine rings is 1. The first-order valence-electron chi connectivity index (χ1n) is 8.79. The third-order valence-electron chi connectivity index (χ3n) is 5.06. The Hall–Kier alpha value is -2.15. The molecule has 1 aromatic carbocycles. The van der Waals surface area contributed by atoms with Crippen molar-refractivity contribution < 1.29 is 18.0 Å². The molecule has 1 fully saturated rings. The van der Waals surface area contributed by atoms with Gasteiger partial charge in [0.25, 0.3) is 12.3 Å². The number of rotatable bonds is 5. The smallest absolute Gasteiger partial charge is 0.253 e. The Bertz CT molecular complexity index is 804. The molecule has 0 radical (unpaired) electrons. The minimum atomic E-state index is -2.39. The Kier molecular flexibility index (Phi) is 5.46. The highest BCUT2D eigenvalue weighted by atomic mass is 19.3. The van der Waals surface area contributed by atoms with E-state index in [1.165, 1.54) is 19.1 Å². The van der Waals surface area contributed by atoms with Crippen LogP contribution in [0.25, 0.3) is 10.9 Å². The van der Waals surface area contributed by atoms with Crippen LogP contribution in [-0.2, 0) is 0 Å². The van der Waals surface area contributed by atoms with Gasteiger partial charge in [0.15, 0.2) is 0 Å². The SMILES string of the molecule is CC(NC1CCC(c2nc3ccc(F)cc3cc2C(N)=O)CC1)C(F)F. The Morgan fingerprint density at radius 2 is 1.92 bits per heavy atom. The van der Waals surface area contributed by atoms with E-state index in [4.69, 9.17) is 5.73 Å². The lowest BCUT2D eigenvalue weighted by Gasteiger charge is -2.31. The van der Waals surface area contributed by atoms with Crippen molar-refractivity contribution in [2.45, 2.75) is 57.0 Å². The van der Waals surface area contributed by atoms with Gasteiger partial charge in [-0.05, 0) is 56.9 Å². The number of hydrogen-bond acceptors (Lipinski definition) is 3. The topological polar surface area (TPSA) is 68.0 Å². The van der Waals surface area contributed by atoms with Crippen LogP contribution < -0.4 is 11.1 Å². The molecule has 1 saturated carbocycles. The van der Waals surface area contributed by atoms with E-state index >= 15 is 0 Å². The van der Waals surface area contributed by atoms with Crippen LogP contribution >= 0.6 is 0 Å². The van der Waals surface area contributed by atoms with Gasteiger partial charge in [-0.25, -0.2) is 13.2 Å². The molecule has 0 bridgehead atoms. The van der Waals surface area contributed by atoms with Gasteiger partial charge in [0.05, 0.1) is 22.8 Å². The van der Waals surface area contributed by atoms with E-state index in [9.17, 15) is 18.0 Å². The highest BCUT2D eigenvalue weighted by Gasteiger charge is 2.28. The van der Waals surface area contributed by atoms with Crippen molar-refractivity contribution >= 4 is 16.8 Å². The number of nitrogens with zero attached hydrogens (tertiary/aromatic N) is 1. The molecule has 1 unspecified atom stereocenters. The molecule has 0 spiro atoms. The molecule has 3 rings (SSSR count). The van der Waals surface area contributed by atoms with Gasteiger partial charge in [0, 0.05) is 17.3 Å². The fraction of sp³-hybridized carbons (Fsp3) is 0.474. The van der Waals surface area contributed by atoms with E-state index in [1.54, 1.807) is 12.1 Å². The van der Waals surface area contributed by atoms with Gasteiger partial charge in [0.2, 0.25) is 0 Å². The average Bonchev–Trinajstić information content (AvgIpc) is 2.61. The van der Waals surface area contributed by atoms with Crippen molar-refractivity contribution in [2.75, 3.05) is 0 Å². The monoisotopic (exact) mass is 365 g/mol. The summed E-state index contributed by atoms with van der Waals surface area (Å²) < 4.78 is 38.8. The van der Waals surface area contributed by atoms with E-state index in [2.05, 4.69) is 10.3 Å². The van der Waals surface area contributed by atoms with Crippen LogP contribution in [0.4, 0.5) is 13.2 Å². The van der Waals surface area contributed by atoms with Gasteiger partial charge in [-0.3, -0.25) is 9.78 Å². The summed E-state index contributed by atoms with van der Waals surface area (Å²) in [6.45, 7) is 1.48. The molecule has 7 heteroatoms. The Labute approximate surface area is 150 Å². The predicted octanol–water partition coefficient (Wildman–Crippen LogP) is 3.74. The predicted molar refractivity (Wildman–Crippen MR) is 93.8 cm³/mol. The maximum Gasteiger partial charge on any atom is 0.253 e. The molecule has 1 aliphatic rings. The van der Waals surface area contributed by atoms with Crippen molar-refractivity contribution in [3.05, 3.63) is 41.3 Å². The molecule has 0 saturated heterocycles. The summed E-state index contributed by atoms with van der Waals surface area (Å²) in [6, 6.07) is 5.01. The minimum Gasteiger partial charge on any atom is -0.366 e. The molecular formula is C19H22F3N3O. The number of hydrogen-bond donors (Lipinski definition) is 2. The zero-order valence-electron chi connectivity index (χ0n) is 14.5. The number of aromatic nitrogens is 1. The van der Waals surface area contributed by atoms with E-state index < -0.39 is 24.2 Å². The minimum absolute atomic E-state index is 0.0295. The molecule has 0 aliphatic heterocycles. The zero-order chi connectivity index (χ0) is 18.8. The summed E-state index contributed by atoms with van der Waals surface area (Å²) in [5.41, 5.74) is 7.05. The molecule has 1 amide bonds. The van der Waals surface area contributed by atoms with Gasteiger partial charge in [-0.2, -0.15) is 0 Å². The van der Waals surface area contributed by atoms with Crippen LogP contribution in [0.3, 0.4) is 0 Å². The average molecular weight is 365 g/mol. The lowest BCUT2D eigenvalue weighted by molar-refractivity contribution is 0.0952. The number of nitrogens with two attached hydrogens (primary N) is 1. The van der Waals surface area contributed by atoms with Gasteiger partial charge in [-0.15, -0.1) is 0 Å². The second-order valence-corrected chi connectivity index (χ2v) is 6.96. The summed E-state index contributed by atoms with van der Waals surface area (Å²) in [7, 11) is 0. The second kappa shape index (κ2) is 7.61. The second-order valence-electron chi connectivity index (χ2n) is 6.96. The summed E-state index contributed by atoms with van der Waals surface area (Å²) in [5.74, 6) is -0.959. The fourth-order valence-electron chi connectivity index (χ4n) is 3.65. The van der Waals surface area contributed by atoms with Crippen LogP contribution in [0.15, 0.2) is 24.3 Å². The van der Waals surface area contributed by atoms with E-state index in [0.717, 1.165) is 25.7 Å². The molecule has 1 aromatic heterocycles. The van der Waals surface area contributed by atoms with E-state index in [0.29, 0.717) is 22.2 Å². The summed E-state index contributed by atoms with van der Waals surface area (Å²) in [4.78, 5) is 16.4. The maximum absolute atomic E-state index is 13.4. The zero-order valence-corrected chi connectivity index (χ0v) is 14.5. The highest BCUT2D eigenvalue weighted by Crippen LogP contribution is 2.35. The molecule has 1 atom stereocenters. The number of benzene rings is 1. The largest absolute Gasteiger partial charge is 0.366 e. The number of fused-ring (bicyclic) bond motifs is 1. The van der Waals surface area contributed by atoms with Gasteiger partial charge in [0.1, 0.15) is 5.82 Å². The van der Waals surface area contributed by atoms with Gasteiger partial charge < -0.3 is 11.1 Å². The van der Waals surface area contributed by atoms with Crippen molar-refractivity contribution in [3.8, 4) is 0 Å². The Morgan fingerprint density at radius 3 is 2.54 bits per heavy atom. The van der Waals surface area contributed by atoms with Crippen LogP contribution in [0, 0.1) is 5.82 Å². The summed E-state index contributed by atoms with van der Waals surface area (Å²) in [5, 5.41) is 3.49. The quantitative estimate of drug-likeness (QED) is 0.848. The number of amides is 1. The molecular weight excluding hydrogens is 343 g/mol. The maximum atomic E-state index is 13.4. The van der Waals surface area contributed by atoms with Crippen molar-refractivity contribution in [2.24, 2.45) is 5.73 Å². The summed E-state index contributed by atoms with van der Waals surface area (Å²) in [6.07, 6.45) is 0.518. The molecule has 140 valence electrons. The Balaban J connectivity index is 1.81. The van der Waals surface area contributed by atoms with Crippen LogP contribution in [0.2, 0.25) is 0 Å².